The number of aromatic amines is 1. The van der Waals surface area contributed by atoms with Crippen molar-refractivity contribution in [2.45, 2.75) is 63.5 Å². The van der Waals surface area contributed by atoms with E-state index < -0.39 is 5.54 Å². The molecule has 0 aliphatic heterocycles. The van der Waals surface area contributed by atoms with E-state index in [2.05, 4.69) is 43.3 Å². The summed E-state index contributed by atoms with van der Waals surface area (Å²) in [5.74, 6) is 1.07. The average molecular weight is 330 g/mol. The fourth-order valence-electron chi connectivity index (χ4n) is 3.34. The van der Waals surface area contributed by atoms with Crippen LogP contribution in [0.25, 0.3) is 0 Å². The fourth-order valence-corrected chi connectivity index (χ4v) is 3.34. The van der Waals surface area contributed by atoms with E-state index in [1.54, 1.807) is 6.20 Å². The maximum Gasteiger partial charge on any atom is 0.320 e. The van der Waals surface area contributed by atoms with Gasteiger partial charge in [0.05, 0.1) is 17.6 Å². The smallest absolute Gasteiger partial charge is 0.320 e. The number of aryl methyl sites for hydroxylation is 1. The molecule has 2 amide bonds. The van der Waals surface area contributed by atoms with Crippen LogP contribution in [-0.4, -0.2) is 36.4 Å². The summed E-state index contributed by atoms with van der Waals surface area (Å²) in [5.41, 5.74) is 1.45. The van der Waals surface area contributed by atoms with Crippen LogP contribution in [0.1, 0.15) is 62.9 Å². The molecule has 9 nitrogen and oxygen atoms in total. The number of rotatable bonds is 6. The molecule has 2 heterocycles. The van der Waals surface area contributed by atoms with E-state index in [1.165, 1.54) is 12.8 Å². The maximum absolute atomic E-state index is 12.5. The molecule has 2 aromatic rings. The first-order valence-electron chi connectivity index (χ1n) is 8.60. The molecule has 0 unspecified atom stereocenters. The number of nitrogens with zero attached hydrogens (tertiary/aromatic N) is 5. The Morgan fingerprint density at radius 2 is 2.29 bits per heavy atom. The van der Waals surface area contributed by atoms with Crippen LogP contribution in [0.2, 0.25) is 0 Å². The third-order valence-corrected chi connectivity index (χ3v) is 4.86. The number of hydrogen-bond donors (Lipinski definition) is 3. The molecule has 3 N–H and O–H groups in total. The first-order chi connectivity index (χ1) is 11.7. The van der Waals surface area contributed by atoms with Crippen molar-refractivity contribution in [1.29, 1.82) is 0 Å². The van der Waals surface area contributed by atoms with Crippen LogP contribution in [0, 0.1) is 0 Å². The number of anilines is 1. The van der Waals surface area contributed by atoms with Crippen LogP contribution in [0.5, 0.6) is 0 Å². The third-order valence-electron chi connectivity index (χ3n) is 4.86. The topological polar surface area (TPSA) is 113 Å². The second kappa shape index (κ2) is 5.88. The van der Waals surface area contributed by atoms with Gasteiger partial charge in [0.25, 0.3) is 0 Å². The van der Waals surface area contributed by atoms with Crippen LogP contribution in [-0.2, 0) is 12.1 Å². The molecule has 2 aliphatic rings. The summed E-state index contributed by atoms with van der Waals surface area (Å²) in [6.07, 6.45) is 7.79. The summed E-state index contributed by atoms with van der Waals surface area (Å²) in [6, 6.07) is -0.238. The van der Waals surface area contributed by atoms with Crippen molar-refractivity contribution in [2.75, 3.05) is 5.32 Å². The molecule has 128 valence electrons. The summed E-state index contributed by atoms with van der Waals surface area (Å²) >= 11 is 0. The lowest BCUT2D eigenvalue weighted by Gasteiger charge is -2.39. The van der Waals surface area contributed by atoms with E-state index in [1.807, 2.05) is 4.68 Å². The number of tetrazole rings is 1. The normalized spacial score (nSPS) is 18.9. The van der Waals surface area contributed by atoms with Gasteiger partial charge in [-0.25, -0.2) is 4.79 Å². The number of carbonyl (C=O) groups is 1. The summed E-state index contributed by atoms with van der Waals surface area (Å²) in [5, 5.41) is 24.6. The van der Waals surface area contributed by atoms with Crippen molar-refractivity contribution in [2.24, 2.45) is 0 Å². The highest BCUT2D eigenvalue weighted by molar-refractivity contribution is 5.90. The van der Waals surface area contributed by atoms with Gasteiger partial charge >= 0.3 is 6.03 Å². The second-order valence-corrected chi connectivity index (χ2v) is 6.69. The van der Waals surface area contributed by atoms with Crippen molar-refractivity contribution in [3.63, 3.8) is 0 Å². The van der Waals surface area contributed by atoms with Gasteiger partial charge in [-0.3, -0.25) is 4.68 Å². The number of H-pyrrole nitrogens is 1. The Kier molecular flexibility index (Phi) is 3.70. The van der Waals surface area contributed by atoms with E-state index >= 15 is 0 Å². The van der Waals surface area contributed by atoms with Gasteiger partial charge in [0, 0.05) is 12.5 Å². The van der Waals surface area contributed by atoms with Crippen molar-refractivity contribution in [3.05, 3.63) is 17.7 Å². The van der Waals surface area contributed by atoms with Gasteiger partial charge in [-0.05, 0) is 38.5 Å². The third kappa shape index (κ3) is 2.63. The first-order valence-corrected chi connectivity index (χ1v) is 8.60. The molecule has 0 bridgehead atoms. The minimum Gasteiger partial charge on any atom is -0.325 e. The Hall–Kier alpha value is -2.45. The maximum atomic E-state index is 12.5. The highest BCUT2D eigenvalue weighted by atomic mass is 16.2. The van der Waals surface area contributed by atoms with Crippen LogP contribution in [0.4, 0.5) is 10.5 Å². The summed E-state index contributed by atoms with van der Waals surface area (Å²) in [4.78, 5) is 12.5. The second-order valence-electron chi connectivity index (χ2n) is 6.69. The molecule has 9 heteroatoms. The molecular weight excluding hydrogens is 308 g/mol. The van der Waals surface area contributed by atoms with Crippen molar-refractivity contribution >= 4 is 11.7 Å². The van der Waals surface area contributed by atoms with Crippen LogP contribution >= 0.6 is 0 Å². The molecule has 0 saturated heterocycles. The SMILES string of the molecule is CCCn1ncc(NC(=O)NC2(c3nn[nH]n3)CCC2)c1C1CC1. The number of amides is 2. The van der Waals surface area contributed by atoms with Gasteiger partial charge in [0.1, 0.15) is 5.54 Å². The van der Waals surface area contributed by atoms with Gasteiger partial charge in [-0.2, -0.15) is 10.3 Å². The van der Waals surface area contributed by atoms with E-state index in [4.69, 9.17) is 0 Å². The molecule has 2 saturated carbocycles. The highest BCUT2D eigenvalue weighted by Gasteiger charge is 2.44. The lowest BCUT2D eigenvalue weighted by atomic mass is 9.76. The lowest BCUT2D eigenvalue weighted by molar-refractivity contribution is 0.175. The summed E-state index contributed by atoms with van der Waals surface area (Å²) in [6.45, 7) is 3.01. The Morgan fingerprint density at radius 3 is 2.88 bits per heavy atom. The molecule has 0 aromatic carbocycles. The van der Waals surface area contributed by atoms with Gasteiger partial charge in [-0.1, -0.05) is 12.1 Å². The first kappa shape index (κ1) is 15.1. The van der Waals surface area contributed by atoms with Crippen molar-refractivity contribution < 1.29 is 4.79 Å². The predicted molar refractivity (Wildman–Crippen MR) is 86.4 cm³/mol. The minimum absolute atomic E-state index is 0.238. The molecular formula is C15H22N8O. The van der Waals surface area contributed by atoms with Crippen LogP contribution < -0.4 is 10.6 Å². The molecule has 0 spiro atoms. The Bertz CT molecular complexity index is 714. The molecule has 2 fully saturated rings. The van der Waals surface area contributed by atoms with E-state index in [0.29, 0.717) is 11.7 Å². The summed E-state index contributed by atoms with van der Waals surface area (Å²) in [7, 11) is 0. The van der Waals surface area contributed by atoms with E-state index in [0.717, 1.165) is 43.6 Å². The molecule has 24 heavy (non-hydrogen) atoms. The van der Waals surface area contributed by atoms with Gasteiger partial charge in [0.2, 0.25) is 0 Å². The Morgan fingerprint density at radius 1 is 1.46 bits per heavy atom. The summed E-state index contributed by atoms with van der Waals surface area (Å²) < 4.78 is 2.02. The zero-order valence-electron chi connectivity index (χ0n) is 13.7. The zero-order chi connectivity index (χ0) is 16.6. The van der Waals surface area contributed by atoms with Crippen LogP contribution in [0.15, 0.2) is 6.20 Å². The zero-order valence-corrected chi connectivity index (χ0v) is 13.7. The van der Waals surface area contributed by atoms with Crippen molar-refractivity contribution in [3.8, 4) is 0 Å². The average Bonchev–Trinajstić information content (AvgIpc) is 3.06. The number of nitrogens with one attached hydrogen (secondary N) is 3. The van der Waals surface area contributed by atoms with E-state index in [-0.39, 0.29) is 6.03 Å². The number of carbonyl (C=O) groups excluding carboxylic acids is 1. The molecule has 4 rings (SSSR count). The Labute approximate surface area is 139 Å². The van der Waals surface area contributed by atoms with E-state index in [9.17, 15) is 4.79 Å². The number of urea groups is 1. The largest absolute Gasteiger partial charge is 0.325 e. The lowest BCUT2D eigenvalue weighted by Crippen LogP contribution is -2.53. The van der Waals surface area contributed by atoms with Gasteiger partial charge in [0.15, 0.2) is 5.82 Å². The van der Waals surface area contributed by atoms with Gasteiger partial charge in [-0.15, -0.1) is 10.2 Å². The minimum atomic E-state index is -0.504. The van der Waals surface area contributed by atoms with Gasteiger partial charge < -0.3 is 10.6 Å². The fraction of sp³-hybridized carbons (Fsp3) is 0.667. The standard InChI is InChI=1S/C15H22N8O/c1-2-8-23-12(10-4-5-10)11(9-16-23)17-14(24)18-15(6-3-7-15)13-19-21-22-20-13/h9-10H,2-8H2,1H3,(H2,17,18,24)(H,19,20,21,22). The Balaban J connectivity index is 1.48. The molecule has 2 aromatic heterocycles. The van der Waals surface area contributed by atoms with Crippen LogP contribution in [0.3, 0.4) is 0 Å². The molecule has 0 radical (unpaired) electrons. The highest BCUT2D eigenvalue weighted by Crippen LogP contribution is 2.44. The molecule has 0 atom stereocenters. The number of aromatic nitrogens is 6. The molecule has 2 aliphatic carbocycles. The quantitative estimate of drug-likeness (QED) is 0.748. The predicted octanol–water partition coefficient (Wildman–Crippen LogP) is 1.88. The van der Waals surface area contributed by atoms with Crippen molar-refractivity contribution in [1.82, 2.24) is 35.7 Å². The number of hydrogen-bond acceptors (Lipinski definition) is 5. The monoisotopic (exact) mass is 330 g/mol.